The molecule has 6 heteroatoms. The summed E-state index contributed by atoms with van der Waals surface area (Å²) in [4.78, 5) is 4.61. The zero-order valence-electron chi connectivity index (χ0n) is 11.2. The lowest BCUT2D eigenvalue weighted by Crippen LogP contribution is -1.99. The maximum absolute atomic E-state index is 5.49. The van der Waals surface area contributed by atoms with Gasteiger partial charge in [0.15, 0.2) is 0 Å². The van der Waals surface area contributed by atoms with E-state index < -0.39 is 0 Å². The van der Waals surface area contributed by atoms with Crippen molar-refractivity contribution in [3.05, 3.63) is 41.2 Å². The van der Waals surface area contributed by atoms with Crippen molar-refractivity contribution in [1.82, 2.24) is 20.0 Å². The fourth-order valence-corrected chi connectivity index (χ4v) is 3.07. The minimum absolute atomic E-state index is 0.684. The molecule has 0 aliphatic heterocycles. The van der Waals surface area contributed by atoms with Crippen LogP contribution in [0.25, 0.3) is 10.2 Å². The lowest BCUT2D eigenvalue weighted by molar-refractivity contribution is 0.647. The van der Waals surface area contributed by atoms with E-state index in [9.17, 15) is 0 Å². The first-order valence-corrected chi connectivity index (χ1v) is 7.60. The third-order valence-electron chi connectivity index (χ3n) is 3.11. The van der Waals surface area contributed by atoms with Gasteiger partial charge in [0, 0.05) is 6.20 Å². The highest BCUT2D eigenvalue weighted by Crippen LogP contribution is 2.21. The number of unbranched alkanes of at least 4 members (excludes halogenated alkanes) is 1. The van der Waals surface area contributed by atoms with Crippen molar-refractivity contribution in [1.29, 1.82) is 0 Å². The lowest BCUT2D eigenvalue weighted by Gasteiger charge is -1.95. The summed E-state index contributed by atoms with van der Waals surface area (Å²) in [6.45, 7) is 1.42. The smallest absolute Gasteiger partial charge is 0.115 e. The number of fused-ring (bicyclic) bond motifs is 1. The molecule has 0 radical (unpaired) electrons. The zero-order chi connectivity index (χ0) is 13.8. The molecule has 5 nitrogen and oxygen atoms in total. The van der Waals surface area contributed by atoms with E-state index in [0.717, 1.165) is 42.0 Å². The monoisotopic (exact) mass is 287 g/mol. The summed E-state index contributed by atoms with van der Waals surface area (Å²) in [5, 5.41) is 9.41. The molecule has 20 heavy (non-hydrogen) atoms. The molecule has 0 bridgehead atoms. The Morgan fingerprint density at radius 3 is 2.95 bits per heavy atom. The maximum atomic E-state index is 5.49. The zero-order valence-corrected chi connectivity index (χ0v) is 12.0. The van der Waals surface area contributed by atoms with Gasteiger partial charge in [-0.1, -0.05) is 17.3 Å². The van der Waals surface area contributed by atoms with Gasteiger partial charge >= 0.3 is 0 Å². The molecule has 0 saturated carbocycles. The van der Waals surface area contributed by atoms with E-state index in [1.165, 1.54) is 4.70 Å². The molecule has 0 unspecified atom stereocenters. The molecular formula is C14H17N5S. The van der Waals surface area contributed by atoms with Crippen LogP contribution in [0.4, 0.5) is 0 Å². The van der Waals surface area contributed by atoms with Crippen LogP contribution in [0.1, 0.15) is 23.5 Å². The molecule has 0 saturated heterocycles. The number of aromatic nitrogens is 4. The van der Waals surface area contributed by atoms with Gasteiger partial charge in [0.1, 0.15) is 5.01 Å². The highest BCUT2D eigenvalue weighted by molar-refractivity contribution is 7.18. The van der Waals surface area contributed by atoms with E-state index in [-0.39, 0.29) is 0 Å². The van der Waals surface area contributed by atoms with Crippen molar-refractivity contribution in [3.63, 3.8) is 0 Å². The SMILES string of the molecule is NCCCCc1cn(Cc2nc3ccccc3s2)nn1. The molecule has 2 heterocycles. The number of rotatable bonds is 6. The van der Waals surface area contributed by atoms with Gasteiger partial charge in [-0.15, -0.1) is 16.4 Å². The van der Waals surface area contributed by atoms with Gasteiger partial charge in [-0.25, -0.2) is 9.67 Å². The van der Waals surface area contributed by atoms with Crippen molar-refractivity contribution < 1.29 is 0 Å². The number of para-hydroxylation sites is 1. The first kappa shape index (κ1) is 13.2. The fraction of sp³-hybridized carbons (Fsp3) is 0.357. The molecular weight excluding hydrogens is 270 g/mol. The largest absolute Gasteiger partial charge is 0.330 e. The van der Waals surface area contributed by atoms with Crippen LogP contribution in [-0.4, -0.2) is 26.5 Å². The van der Waals surface area contributed by atoms with E-state index in [0.29, 0.717) is 6.54 Å². The number of nitrogens with zero attached hydrogens (tertiary/aromatic N) is 4. The van der Waals surface area contributed by atoms with Crippen molar-refractivity contribution in [2.24, 2.45) is 5.73 Å². The molecule has 3 rings (SSSR count). The van der Waals surface area contributed by atoms with Crippen LogP contribution in [0.3, 0.4) is 0 Å². The Hall–Kier alpha value is -1.79. The quantitative estimate of drug-likeness (QED) is 0.706. The molecule has 0 aliphatic rings. The van der Waals surface area contributed by atoms with Crippen LogP contribution in [0.5, 0.6) is 0 Å². The average Bonchev–Trinajstić information content (AvgIpc) is 3.05. The highest BCUT2D eigenvalue weighted by atomic mass is 32.1. The topological polar surface area (TPSA) is 69.6 Å². The average molecular weight is 287 g/mol. The minimum Gasteiger partial charge on any atom is -0.330 e. The second kappa shape index (κ2) is 6.11. The third kappa shape index (κ3) is 3.02. The first-order valence-electron chi connectivity index (χ1n) is 6.78. The molecule has 0 atom stereocenters. The first-order chi connectivity index (χ1) is 9.85. The molecule has 0 fully saturated rings. The van der Waals surface area contributed by atoms with Crippen LogP contribution in [0.2, 0.25) is 0 Å². The summed E-state index contributed by atoms with van der Waals surface area (Å²) < 4.78 is 3.07. The normalized spacial score (nSPS) is 11.2. The van der Waals surface area contributed by atoms with Crippen molar-refractivity contribution >= 4 is 21.6 Å². The Morgan fingerprint density at radius 2 is 2.10 bits per heavy atom. The van der Waals surface area contributed by atoms with Crippen LogP contribution in [0.15, 0.2) is 30.5 Å². The Bertz CT molecular complexity index is 655. The van der Waals surface area contributed by atoms with Gasteiger partial charge in [0.2, 0.25) is 0 Å². The molecule has 3 aromatic rings. The fourth-order valence-electron chi connectivity index (χ4n) is 2.11. The molecule has 0 amide bonds. The maximum Gasteiger partial charge on any atom is 0.115 e. The summed E-state index contributed by atoms with van der Waals surface area (Å²) in [5.41, 5.74) is 7.57. The number of nitrogens with two attached hydrogens (primary N) is 1. The van der Waals surface area contributed by atoms with Crippen LogP contribution in [-0.2, 0) is 13.0 Å². The molecule has 2 aromatic heterocycles. The van der Waals surface area contributed by atoms with E-state index in [2.05, 4.69) is 21.4 Å². The van der Waals surface area contributed by atoms with E-state index in [1.54, 1.807) is 11.3 Å². The molecule has 2 N–H and O–H groups in total. The Morgan fingerprint density at radius 1 is 1.20 bits per heavy atom. The number of thiazole rings is 1. The van der Waals surface area contributed by atoms with Crippen LogP contribution >= 0.6 is 11.3 Å². The van der Waals surface area contributed by atoms with E-state index in [4.69, 9.17) is 5.73 Å². The number of hydrogen-bond donors (Lipinski definition) is 1. The third-order valence-corrected chi connectivity index (χ3v) is 4.13. The highest BCUT2D eigenvalue weighted by Gasteiger charge is 2.06. The predicted molar refractivity (Wildman–Crippen MR) is 80.7 cm³/mol. The summed E-state index contributed by atoms with van der Waals surface area (Å²) in [6, 6.07) is 8.18. The lowest BCUT2D eigenvalue weighted by atomic mass is 10.2. The van der Waals surface area contributed by atoms with Gasteiger partial charge in [-0.2, -0.15) is 0 Å². The second-order valence-electron chi connectivity index (χ2n) is 4.73. The second-order valence-corrected chi connectivity index (χ2v) is 5.84. The minimum atomic E-state index is 0.684. The number of hydrogen-bond acceptors (Lipinski definition) is 5. The Kier molecular flexibility index (Phi) is 4.03. The van der Waals surface area contributed by atoms with Gasteiger partial charge in [0.25, 0.3) is 0 Å². The number of aryl methyl sites for hydroxylation is 1. The summed E-state index contributed by atoms with van der Waals surface area (Å²) in [6.07, 6.45) is 5.04. The predicted octanol–water partition coefficient (Wildman–Crippen LogP) is 2.22. The van der Waals surface area contributed by atoms with Crippen LogP contribution in [0, 0.1) is 0 Å². The Labute approximate surface area is 121 Å². The van der Waals surface area contributed by atoms with Crippen molar-refractivity contribution in [2.45, 2.75) is 25.8 Å². The molecule has 104 valence electrons. The Balaban J connectivity index is 1.68. The summed E-state index contributed by atoms with van der Waals surface area (Å²) in [5.74, 6) is 0. The van der Waals surface area contributed by atoms with Gasteiger partial charge in [-0.05, 0) is 37.9 Å². The summed E-state index contributed by atoms with van der Waals surface area (Å²) in [7, 11) is 0. The number of benzene rings is 1. The van der Waals surface area contributed by atoms with Crippen molar-refractivity contribution in [2.75, 3.05) is 6.54 Å². The van der Waals surface area contributed by atoms with Crippen LogP contribution < -0.4 is 5.73 Å². The molecule has 1 aromatic carbocycles. The summed E-state index contributed by atoms with van der Waals surface area (Å²) >= 11 is 1.71. The van der Waals surface area contributed by atoms with E-state index >= 15 is 0 Å². The van der Waals surface area contributed by atoms with E-state index in [1.807, 2.05) is 29.1 Å². The van der Waals surface area contributed by atoms with Gasteiger partial charge < -0.3 is 5.73 Å². The standard InChI is InChI=1S/C14H17N5S/c15-8-4-3-5-11-9-19(18-17-11)10-14-16-12-6-1-2-7-13(12)20-14/h1-2,6-7,9H,3-5,8,10,15H2. The van der Waals surface area contributed by atoms with Crippen molar-refractivity contribution in [3.8, 4) is 0 Å². The molecule has 0 aliphatic carbocycles. The molecule has 0 spiro atoms. The van der Waals surface area contributed by atoms with Gasteiger partial charge in [-0.3, -0.25) is 0 Å². The van der Waals surface area contributed by atoms with Gasteiger partial charge in [0.05, 0.1) is 22.5 Å².